The number of benzene rings is 1. The lowest BCUT2D eigenvalue weighted by atomic mass is 10.2. The Balaban J connectivity index is 1.87. The molecule has 0 saturated carbocycles. The Morgan fingerprint density at radius 3 is 2.81 bits per heavy atom. The van der Waals surface area contributed by atoms with E-state index in [-0.39, 0.29) is 12.3 Å². The topological polar surface area (TPSA) is 99.3 Å². The summed E-state index contributed by atoms with van der Waals surface area (Å²) in [4.78, 5) is 35.7. The number of carbonyl (C=O) groups excluding carboxylic acids is 3. The van der Waals surface area contributed by atoms with Crippen molar-refractivity contribution in [2.75, 3.05) is 11.9 Å². The fourth-order valence-corrected chi connectivity index (χ4v) is 2.89. The summed E-state index contributed by atoms with van der Waals surface area (Å²) in [6.45, 7) is 2.22. The molecule has 4 N–H and O–H groups in total. The number of urea groups is 1. The lowest BCUT2D eigenvalue weighted by molar-refractivity contribution is -0.124. The van der Waals surface area contributed by atoms with Crippen LogP contribution in [0.2, 0.25) is 0 Å². The van der Waals surface area contributed by atoms with Gasteiger partial charge in [-0.15, -0.1) is 11.8 Å². The number of thioether (sulfide) groups is 1. The predicted molar refractivity (Wildman–Crippen MR) is 79.7 cm³/mol. The van der Waals surface area contributed by atoms with Gasteiger partial charge in [-0.2, -0.15) is 0 Å². The van der Waals surface area contributed by atoms with Crippen molar-refractivity contribution in [1.29, 1.82) is 0 Å². The standard InChI is InChI=1S/C13H16N4O3S/c1-2-14-13(20)17-16-11(18)7-10-12(19)15-8-5-3-4-6-9(8)21-10/h3-6,10H,2,7H2,1H3,(H,15,19)(H,16,18)(H2,14,17,20)/t10-/m0/s1. The van der Waals surface area contributed by atoms with Crippen molar-refractivity contribution < 1.29 is 14.4 Å². The Hall–Kier alpha value is -2.22. The zero-order valence-electron chi connectivity index (χ0n) is 11.4. The first-order valence-corrected chi connectivity index (χ1v) is 7.37. The van der Waals surface area contributed by atoms with Crippen molar-refractivity contribution in [2.45, 2.75) is 23.5 Å². The fraction of sp³-hybridized carbons (Fsp3) is 0.308. The van der Waals surface area contributed by atoms with E-state index >= 15 is 0 Å². The highest BCUT2D eigenvalue weighted by Gasteiger charge is 2.28. The van der Waals surface area contributed by atoms with Crippen molar-refractivity contribution in [3.63, 3.8) is 0 Å². The molecule has 4 amide bonds. The molecule has 1 aromatic carbocycles. The van der Waals surface area contributed by atoms with E-state index in [4.69, 9.17) is 0 Å². The molecule has 0 saturated heterocycles. The van der Waals surface area contributed by atoms with Crippen LogP contribution in [0.25, 0.3) is 0 Å². The number of hydrogen-bond donors (Lipinski definition) is 4. The Kier molecular flexibility index (Phi) is 5.04. The molecule has 0 spiro atoms. The average Bonchev–Trinajstić information content (AvgIpc) is 2.46. The van der Waals surface area contributed by atoms with Gasteiger partial charge in [0.2, 0.25) is 11.8 Å². The van der Waals surface area contributed by atoms with Gasteiger partial charge in [0.1, 0.15) is 0 Å². The van der Waals surface area contributed by atoms with Crippen LogP contribution in [-0.2, 0) is 9.59 Å². The quantitative estimate of drug-likeness (QED) is 0.622. The zero-order valence-corrected chi connectivity index (χ0v) is 12.3. The lowest BCUT2D eigenvalue weighted by Crippen LogP contribution is -2.48. The predicted octanol–water partition coefficient (Wildman–Crippen LogP) is 0.840. The number of anilines is 1. The minimum Gasteiger partial charge on any atom is -0.337 e. The minimum atomic E-state index is -0.518. The highest BCUT2D eigenvalue weighted by atomic mass is 32.2. The molecule has 112 valence electrons. The molecule has 0 bridgehead atoms. The van der Waals surface area contributed by atoms with E-state index in [0.717, 1.165) is 10.6 Å². The molecule has 2 rings (SSSR count). The van der Waals surface area contributed by atoms with E-state index in [1.807, 2.05) is 24.3 Å². The Morgan fingerprint density at radius 1 is 1.29 bits per heavy atom. The first-order chi connectivity index (χ1) is 10.1. The summed E-state index contributed by atoms with van der Waals surface area (Å²) in [5, 5.41) is 4.72. The van der Waals surface area contributed by atoms with Gasteiger partial charge >= 0.3 is 6.03 Å². The Labute approximate surface area is 126 Å². The third-order valence-corrected chi connectivity index (χ3v) is 4.01. The van der Waals surface area contributed by atoms with Gasteiger partial charge in [0.15, 0.2) is 0 Å². The van der Waals surface area contributed by atoms with E-state index in [0.29, 0.717) is 6.54 Å². The van der Waals surface area contributed by atoms with Gasteiger partial charge in [-0.05, 0) is 19.1 Å². The Morgan fingerprint density at radius 2 is 2.05 bits per heavy atom. The second kappa shape index (κ2) is 6.98. The van der Waals surface area contributed by atoms with Gasteiger partial charge in [-0.25, -0.2) is 10.2 Å². The molecule has 1 heterocycles. The van der Waals surface area contributed by atoms with Crippen LogP contribution in [0.4, 0.5) is 10.5 Å². The number of para-hydroxylation sites is 1. The number of amides is 4. The van der Waals surface area contributed by atoms with Crippen LogP contribution in [-0.4, -0.2) is 29.6 Å². The smallest absolute Gasteiger partial charge is 0.333 e. The summed E-state index contributed by atoms with van der Waals surface area (Å²) in [7, 11) is 0. The highest BCUT2D eigenvalue weighted by molar-refractivity contribution is 8.01. The summed E-state index contributed by atoms with van der Waals surface area (Å²) in [6.07, 6.45) is -0.0166. The number of nitrogens with one attached hydrogen (secondary N) is 4. The summed E-state index contributed by atoms with van der Waals surface area (Å²) in [6, 6.07) is 6.92. The zero-order chi connectivity index (χ0) is 15.2. The van der Waals surface area contributed by atoms with Crippen LogP contribution in [0.15, 0.2) is 29.2 Å². The van der Waals surface area contributed by atoms with Crippen molar-refractivity contribution >= 4 is 35.3 Å². The third-order valence-electron chi connectivity index (χ3n) is 2.73. The van der Waals surface area contributed by atoms with Crippen LogP contribution >= 0.6 is 11.8 Å². The lowest BCUT2D eigenvalue weighted by Gasteiger charge is -2.23. The molecular weight excluding hydrogens is 292 g/mol. The van der Waals surface area contributed by atoms with E-state index < -0.39 is 17.2 Å². The van der Waals surface area contributed by atoms with Gasteiger partial charge in [0, 0.05) is 17.9 Å². The molecule has 0 aliphatic carbocycles. The molecule has 1 aromatic rings. The number of hydrogen-bond acceptors (Lipinski definition) is 4. The van der Waals surface area contributed by atoms with Crippen LogP contribution in [0.1, 0.15) is 13.3 Å². The molecule has 8 heteroatoms. The van der Waals surface area contributed by atoms with Gasteiger partial charge < -0.3 is 10.6 Å². The second-order valence-corrected chi connectivity index (χ2v) is 5.57. The third kappa shape index (κ3) is 4.12. The summed E-state index contributed by atoms with van der Waals surface area (Å²) in [5.41, 5.74) is 5.24. The normalized spacial score (nSPS) is 16.4. The fourth-order valence-electron chi connectivity index (χ4n) is 1.78. The van der Waals surface area contributed by atoms with Gasteiger partial charge in [0.05, 0.1) is 10.9 Å². The van der Waals surface area contributed by atoms with Crippen LogP contribution < -0.4 is 21.5 Å². The summed E-state index contributed by atoms with van der Waals surface area (Å²) < 4.78 is 0. The first kappa shape index (κ1) is 15.2. The SMILES string of the molecule is CCNC(=O)NNC(=O)C[C@@H]1Sc2ccccc2NC1=O. The number of hydrazine groups is 1. The summed E-state index contributed by atoms with van der Waals surface area (Å²) in [5.74, 6) is -0.639. The van der Waals surface area contributed by atoms with Crippen LogP contribution in [0, 0.1) is 0 Å². The largest absolute Gasteiger partial charge is 0.337 e. The van der Waals surface area contributed by atoms with Crippen molar-refractivity contribution in [3.05, 3.63) is 24.3 Å². The van der Waals surface area contributed by atoms with E-state index in [1.165, 1.54) is 11.8 Å². The van der Waals surface area contributed by atoms with Gasteiger partial charge in [0.25, 0.3) is 0 Å². The molecule has 21 heavy (non-hydrogen) atoms. The molecule has 0 radical (unpaired) electrons. The van der Waals surface area contributed by atoms with Crippen molar-refractivity contribution in [1.82, 2.24) is 16.2 Å². The Bertz CT molecular complexity index is 564. The molecule has 0 aromatic heterocycles. The molecular formula is C13H16N4O3S. The molecule has 1 atom stereocenters. The van der Waals surface area contributed by atoms with Crippen LogP contribution in [0.5, 0.6) is 0 Å². The van der Waals surface area contributed by atoms with Gasteiger partial charge in [-0.1, -0.05) is 12.1 Å². The number of rotatable bonds is 3. The molecule has 1 aliphatic heterocycles. The maximum Gasteiger partial charge on any atom is 0.333 e. The number of fused-ring (bicyclic) bond motifs is 1. The first-order valence-electron chi connectivity index (χ1n) is 6.49. The van der Waals surface area contributed by atoms with Gasteiger partial charge in [-0.3, -0.25) is 15.0 Å². The van der Waals surface area contributed by atoms with E-state index in [9.17, 15) is 14.4 Å². The second-order valence-electron chi connectivity index (χ2n) is 4.33. The molecule has 1 aliphatic rings. The van der Waals surface area contributed by atoms with E-state index in [1.54, 1.807) is 6.92 Å². The average molecular weight is 308 g/mol. The maximum absolute atomic E-state index is 11.9. The maximum atomic E-state index is 11.9. The minimum absolute atomic E-state index is 0.0166. The van der Waals surface area contributed by atoms with Crippen molar-refractivity contribution in [3.8, 4) is 0 Å². The molecule has 7 nitrogen and oxygen atoms in total. The number of carbonyl (C=O) groups is 3. The van der Waals surface area contributed by atoms with E-state index in [2.05, 4.69) is 21.5 Å². The van der Waals surface area contributed by atoms with Crippen LogP contribution in [0.3, 0.4) is 0 Å². The monoisotopic (exact) mass is 308 g/mol. The summed E-state index contributed by atoms with van der Waals surface area (Å²) >= 11 is 1.34. The van der Waals surface area contributed by atoms with Crippen molar-refractivity contribution in [2.24, 2.45) is 0 Å². The molecule has 0 fully saturated rings. The highest BCUT2D eigenvalue weighted by Crippen LogP contribution is 2.36. The molecule has 0 unspecified atom stereocenters.